The Morgan fingerprint density at radius 2 is 1.82 bits per heavy atom. The fraction of sp³-hybridized carbons (Fsp3) is 0.483. The van der Waals surface area contributed by atoms with Crippen molar-refractivity contribution >= 4 is 29.3 Å². The molecule has 3 amide bonds. The van der Waals surface area contributed by atoms with E-state index in [2.05, 4.69) is 10.6 Å². The van der Waals surface area contributed by atoms with Gasteiger partial charge in [0.1, 0.15) is 12.4 Å². The molecule has 0 saturated heterocycles. The Bertz CT molecular complexity index is 1150. The van der Waals surface area contributed by atoms with Crippen molar-refractivity contribution in [3.8, 4) is 5.75 Å². The zero-order valence-electron chi connectivity index (χ0n) is 21.8. The summed E-state index contributed by atoms with van der Waals surface area (Å²) in [5, 5.41) is 6.25. The van der Waals surface area contributed by atoms with E-state index >= 15 is 0 Å². The van der Waals surface area contributed by atoms with Crippen LogP contribution >= 0.6 is 11.6 Å². The predicted octanol–water partition coefficient (Wildman–Crippen LogP) is 4.62. The van der Waals surface area contributed by atoms with Crippen LogP contribution in [0.1, 0.15) is 54.4 Å². The number of carbonyl (C=O) groups is 3. The lowest BCUT2D eigenvalue weighted by Gasteiger charge is -2.32. The summed E-state index contributed by atoms with van der Waals surface area (Å²) in [5.41, 5.74) is 1.28. The van der Waals surface area contributed by atoms with E-state index in [1.54, 1.807) is 18.2 Å². The van der Waals surface area contributed by atoms with Crippen LogP contribution in [0.2, 0.25) is 5.02 Å². The van der Waals surface area contributed by atoms with Crippen LogP contribution in [0.4, 0.5) is 8.78 Å². The molecule has 39 heavy (non-hydrogen) atoms. The second kappa shape index (κ2) is 13.2. The summed E-state index contributed by atoms with van der Waals surface area (Å²) in [6, 6.07) is 13.9. The lowest BCUT2D eigenvalue weighted by Crippen LogP contribution is -2.48. The minimum absolute atomic E-state index is 0.0776. The molecule has 7 nitrogen and oxygen atoms in total. The highest BCUT2D eigenvalue weighted by Crippen LogP contribution is 2.37. The highest BCUT2D eigenvalue weighted by molar-refractivity contribution is 6.31. The Labute approximate surface area is 232 Å². The summed E-state index contributed by atoms with van der Waals surface area (Å²) < 4.78 is 33.4. The Balaban J connectivity index is 1.53. The fourth-order valence-electron chi connectivity index (χ4n) is 5.03. The molecule has 1 atom stereocenters. The van der Waals surface area contributed by atoms with Crippen LogP contribution in [-0.2, 0) is 16.0 Å². The topological polar surface area (TPSA) is 87.7 Å². The summed E-state index contributed by atoms with van der Waals surface area (Å²) in [6.45, 7) is 0.548. The number of halogens is 3. The van der Waals surface area contributed by atoms with E-state index in [-0.39, 0.29) is 63.1 Å². The molecular formula is C29H34ClF2N3O4. The first-order chi connectivity index (χ1) is 18.7. The standard InChI is InChI=1S/C29H34ClF2N3O4/c30-22-8-9-25-24(17-22)27(37)33-14-4-5-15-35(28(38)21-10-12-29(31,32)13-11-21)18-26(36)34-23(19-39-25)16-20-6-2-1-3-7-20/h1-3,6-9,17,21,23H,4-5,10-16,18-19H2,(H,33,37)(H,34,36)/t23-/m0/s1. The van der Waals surface area contributed by atoms with E-state index in [0.717, 1.165) is 5.56 Å². The second-order valence-corrected chi connectivity index (χ2v) is 10.7. The molecule has 0 aromatic heterocycles. The van der Waals surface area contributed by atoms with Crippen LogP contribution in [0.5, 0.6) is 5.75 Å². The van der Waals surface area contributed by atoms with Gasteiger partial charge in [0.2, 0.25) is 17.7 Å². The van der Waals surface area contributed by atoms with Gasteiger partial charge in [-0.15, -0.1) is 0 Å². The van der Waals surface area contributed by atoms with E-state index < -0.39 is 17.9 Å². The van der Waals surface area contributed by atoms with Crippen LogP contribution in [0, 0.1) is 5.92 Å². The van der Waals surface area contributed by atoms with Crippen molar-refractivity contribution in [2.45, 2.75) is 56.9 Å². The molecule has 0 spiro atoms. The first-order valence-corrected chi connectivity index (χ1v) is 13.8. The van der Waals surface area contributed by atoms with E-state index in [0.29, 0.717) is 42.1 Å². The molecule has 1 fully saturated rings. The fourth-order valence-corrected chi connectivity index (χ4v) is 5.20. The highest BCUT2D eigenvalue weighted by Gasteiger charge is 2.39. The Morgan fingerprint density at radius 3 is 2.56 bits per heavy atom. The van der Waals surface area contributed by atoms with Crippen molar-refractivity contribution in [2.24, 2.45) is 5.92 Å². The number of nitrogens with one attached hydrogen (secondary N) is 2. The highest BCUT2D eigenvalue weighted by atomic mass is 35.5. The third-order valence-corrected chi connectivity index (χ3v) is 7.40. The number of rotatable bonds is 3. The average Bonchev–Trinajstić information content (AvgIpc) is 2.91. The predicted molar refractivity (Wildman–Crippen MR) is 144 cm³/mol. The van der Waals surface area contributed by atoms with Crippen LogP contribution < -0.4 is 15.4 Å². The quantitative estimate of drug-likeness (QED) is 0.572. The lowest BCUT2D eigenvalue weighted by atomic mass is 9.86. The maximum Gasteiger partial charge on any atom is 0.255 e. The van der Waals surface area contributed by atoms with E-state index in [4.69, 9.17) is 16.3 Å². The van der Waals surface area contributed by atoms with Crippen molar-refractivity contribution in [3.05, 3.63) is 64.7 Å². The number of alkyl halides is 2. The number of nitrogens with zero attached hydrogens (tertiary/aromatic N) is 1. The van der Waals surface area contributed by atoms with Gasteiger partial charge in [-0.2, -0.15) is 0 Å². The third kappa shape index (κ3) is 8.39. The third-order valence-electron chi connectivity index (χ3n) is 7.17. The van der Waals surface area contributed by atoms with Gasteiger partial charge in [-0.1, -0.05) is 41.9 Å². The van der Waals surface area contributed by atoms with E-state index in [1.165, 1.54) is 4.90 Å². The first-order valence-electron chi connectivity index (χ1n) is 13.4. The molecule has 4 rings (SSSR count). The minimum atomic E-state index is -2.74. The largest absolute Gasteiger partial charge is 0.491 e. The summed E-state index contributed by atoms with van der Waals surface area (Å²) in [4.78, 5) is 40.9. The molecule has 1 heterocycles. The number of amides is 3. The maximum atomic E-state index is 13.7. The molecule has 210 valence electrons. The van der Waals surface area contributed by atoms with Crippen LogP contribution in [0.3, 0.4) is 0 Å². The summed E-state index contributed by atoms with van der Waals surface area (Å²) in [6.07, 6.45) is 1.12. The molecular weight excluding hydrogens is 528 g/mol. The Kier molecular flexibility index (Phi) is 9.78. The van der Waals surface area contributed by atoms with Crippen molar-refractivity contribution in [2.75, 3.05) is 26.2 Å². The number of hydrogen-bond donors (Lipinski definition) is 2. The molecule has 2 aromatic rings. The van der Waals surface area contributed by atoms with Crippen LogP contribution in [0.15, 0.2) is 48.5 Å². The summed E-state index contributed by atoms with van der Waals surface area (Å²) in [7, 11) is 0. The number of fused-ring (bicyclic) bond motifs is 1. The summed E-state index contributed by atoms with van der Waals surface area (Å²) in [5.74, 6) is -3.87. The second-order valence-electron chi connectivity index (χ2n) is 10.3. The molecule has 0 bridgehead atoms. The van der Waals surface area contributed by atoms with Crippen molar-refractivity contribution < 1.29 is 27.9 Å². The van der Waals surface area contributed by atoms with E-state index in [9.17, 15) is 23.2 Å². The number of carbonyl (C=O) groups excluding carboxylic acids is 3. The van der Waals surface area contributed by atoms with Gasteiger partial charge >= 0.3 is 0 Å². The molecule has 2 aliphatic rings. The minimum Gasteiger partial charge on any atom is -0.491 e. The molecule has 10 heteroatoms. The van der Waals surface area contributed by atoms with Crippen LogP contribution in [-0.4, -0.2) is 60.8 Å². The first kappa shape index (κ1) is 28.8. The zero-order chi connectivity index (χ0) is 27.8. The summed E-state index contributed by atoms with van der Waals surface area (Å²) >= 11 is 6.15. The molecule has 0 unspecified atom stereocenters. The number of ether oxygens (including phenoxy) is 1. The Morgan fingerprint density at radius 1 is 1.08 bits per heavy atom. The molecule has 1 aliphatic carbocycles. The van der Waals surface area contributed by atoms with Gasteiger partial charge in [0.25, 0.3) is 5.91 Å². The van der Waals surface area contributed by atoms with Gasteiger partial charge < -0.3 is 20.3 Å². The molecule has 1 saturated carbocycles. The average molecular weight is 562 g/mol. The van der Waals surface area contributed by atoms with Gasteiger partial charge in [0.05, 0.1) is 18.2 Å². The van der Waals surface area contributed by atoms with Gasteiger partial charge in [0.15, 0.2) is 0 Å². The molecule has 2 N–H and O–H groups in total. The number of benzene rings is 2. The van der Waals surface area contributed by atoms with E-state index in [1.807, 2.05) is 30.3 Å². The molecule has 2 aromatic carbocycles. The van der Waals surface area contributed by atoms with Gasteiger partial charge in [-0.25, -0.2) is 8.78 Å². The van der Waals surface area contributed by atoms with Gasteiger partial charge in [-0.05, 0) is 55.9 Å². The van der Waals surface area contributed by atoms with Crippen molar-refractivity contribution in [1.82, 2.24) is 15.5 Å². The maximum absolute atomic E-state index is 13.7. The lowest BCUT2D eigenvalue weighted by molar-refractivity contribution is -0.143. The monoisotopic (exact) mass is 561 g/mol. The Hall–Kier alpha value is -3.20. The van der Waals surface area contributed by atoms with Crippen molar-refractivity contribution in [1.29, 1.82) is 0 Å². The smallest absolute Gasteiger partial charge is 0.255 e. The normalized spacial score (nSPS) is 21.4. The van der Waals surface area contributed by atoms with Gasteiger partial charge in [0, 0.05) is 36.9 Å². The molecule has 1 aliphatic heterocycles. The number of hydrogen-bond acceptors (Lipinski definition) is 4. The van der Waals surface area contributed by atoms with Crippen molar-refractivity contribution in [3.63, 3.8) is 0 Å². The van der Waals surface area contributed by atoms with Gasteiger partial charge in [-0.3, -0.25) is 14.4 Å². The zero-order valence-corrected chi connectivity index (χ0v) is 22.5. The molecule has 0 radical (unpaired) electrons. The SMILES string of the molecule is O=C1CN(C(=O)C2CCC(F)(F)CC2)CCCCNC(=O)c2cc(Cl)ccc2OC[C@H](Cc2ccccc2)N1. The van der Waals surface area contributed by atoms with Crippen LogP contribution in [0.25, 0.3) is 0 Å².